The Hall–Kier alpha value is -3.60. The van der Waals surface area contributed by atoms with E-state index < -0.39 is 17.9 Å². The van der Waals surface area contributed by atoms with Gasteiger partial charge < -0.3 is 5.73 Å². The quantitative estimate of drug-likeness (QED) is 0.262. The molecule has 11 heteroatoms. The normalized spacial score (nSPS) is 15.2. The summed E-state index contributed by atoms with van der Waals surface area (Å²) in [5, 5.41) is 0. The predicted octanol–water partition coefficient (Wildman–Crippen LogP) is 6.84. The molecule has 1 saturated heterocycles. The van der Waals surface area contributed by atoms with Gasteiger partial charge in [-0.25, -0.2) is 15.0 Å². The molecule has 4 aromatic rings. The Morgan fingerprint density at radius 3 is 2.23 bits per heavy atom. The molecule has 6 nitrogen and oxygen atoms in total. The van der Waals surface area contributed by atoms with E-state index in [1.165, 1.54) is 12.3 Å². The molecule has 0 saturated carbocycles. The van der Waals surface area contributed by atoms with Gasteiger partial charge >= 0.3 is 12.1 Å². The highest BCUT2D eigenvalue weighted by Gasteiger charge is 2.62. The zero-order valence-corrected chi connectivity index (χ0v) is 22.7. The molecule has 0 spiro atoms. The van der Waals surface area contributed by atoms with Crippen LogP contribution < -0.4 is 5.73 Å². The van der Waals surface area contributed by atoms with Gasteiger partial charge in [0.15, 0.2) is 11.5 Å². The summed E-state index contributed by atoms with van der Waals surface area (Å²) in [6, 6.07) is 11.9. The van der Waals surface area contributed by atoms with Gasteiger partial charge in [-0.05, 0) is 92.2 Å². The van der Waals surface area contributed by atoms with Crippen molar-refractivity contribution in [1.82, 2.24) is 24.4 Å². The van der Waals surface area contributed by atoms with E-state index in [1.54, 1.807) is 37.4 Å². The minimum Gasteiger partial charge on any atom is -0.384 e. The molecule has 0 atom stereocenters. The Morgan fingerprint density at radius 2 is 1.60 bits per heavy atom. The molecule has 0 unspecified atom stereocenters. The zero-order valence-electron chi connectivity index (χ0n) is 22.7. The number of alkyl halides is 5. The first-order chi connectivity index (χ1) is 19.0. The van der Waals surface area contributed by atoms with Crippen molar-refractivity contribution in [3.63, 3.8) is 0 Å². The second-order valence-electron chi connectivity index (χ2n) is 9.88. The molecule has 3 aromatic heterocycles. The van der Waals surface area contributed by atoms with Crippen LogP contribution in [-0.4, -0.2) is 43.7 Å². The molecule has 0 bridgehead atoms. The van der Waals surface area contributed by atoms with Gasteiger partial charge in [0, 0.05) is 24.6 Å². The number of rotatable bonds is 6. The van der Waals surface area contributed by atoms with Crippen molar-refractivity contribution in [3.8, 4) is 5.69 Å². The summed E-state index contributed by atoms with van der Waals surface area (Å²) in [7, 11) is 0. The van der Waals surface area contributed by atoms with Crippen LogP contribution in [0.1, 0.15) is 49.2 Å². The van der Waals surface area contributed by atoms with E-state index in [0.717, 1.165) is 54.6 Å². The number of hydrogen-bond donors (Lipinski definition) is 1. The maximum Gasteiger partial charge on any atom is 0.461 e. The molecule has 1 aromatic carbocycles. The number of imidazole rings is 1. The standard InChI is InChI=1S/C27H27F5N6.C2H6/c1-17-12-22-24(35-15-17)38(25(36-22)26(28,29)27(30,31)32)21-4-2-18(3-5-21)13-19-7-10-37(11-8-19)16-20-6-9-34-23(33)14-20;1-2/h2-6,9,12,14-15,19H,7-8,10-11,13,16H2,1H3,(H2,33,34);1-2H3. The average molecular weight is 561 g/mol. The number of nitrogens with zero attached hydrogens (tertiary/aromatic N) is 5. The lowest BCUT2D eigenvalue weighted by Crippen LogP contribution is -2.36. The van der Waals surface area contributed by atoms with E-state index in [9.17, 15) is 22.0 Å². The lowest BCUT2D eigenvalue weighted by molar-refractivity contribution is -0.292. The molecule has 0 amide bonds. The second-order valence-corrected chi connectivity index (χ2v) is 9.88. The smallest absolute Gasteiger partial charge is 0.384 e. The molecule has 5 rings (SSSR count). The minimum atomic E-state index is -5.79. The Labute approximate surface area is 230 Å². The SMILES string of the molecule is CC.Cc1cnc2c(c1)nc(C(F)(F)C(F)(F)F)n2-c1ccc(CC2CCN(Cc3ccnc(N)c3)CC2)cc1. The fourth-order valence-corrected chi connectivity index (χ4v) is 4.96. The van der Waals surface area contributed by atoms with Gasteiger partial charge in [-0.1, -0.05) is 26.0 Å². The van der Waals surface area contributed by atoms with Gasteiger partial charge in [0.2, 0.25) is 0 Å². The van der Waals surface area contributed by atoms with Crippen LogP contribution in [0, 0.1) is 12.8 Å². The summed E-state index contributed by atoms with van der Waals surface area (Å²) in [5.74, 6) is -5.58. The van der Waals surface area contributed by atoms with Crippen molar-refractivity contribution in [2.45, 2.75) is 58.7 Å². The number of anilines is 1. The fourth-order valence-electron chi connectivity index (χ4n) is 4.96. The average Bonchev–Trinajstić information content (AvgIpc) is 3.30. The molecule has 1 fully saturated rings. The third-order valence-electron chi connectivity index (χ3n) is 6.95. The number of benzene rings is 1. The number of fused-ring (bicyclic) bond motifs is 1. The number of halogens is 5. The molecule has 2 N–H and O–H groups in total. The highest BCUT2D eigenvalue weighted by molar-refractivity contribution is 5.75. The van der Waals surface area contributed by atoms with Crippen LogP contribution in [0.15, 0.2) is 54.9 Å². The number of nitrogens with two attached hydrogens (primary N) is 1. The van der Waals surface area contributed by atoms with Crippen LogP contribution in [0.4, 0.5) is 27.8 Å². The third-order valence-corrected chi connectivity index (χ3v) is 6.95. The van der Waals surface area contributed by atoms with E-state index in [1.807, 2.05) is 26.0 Å². The van der Waals surface area contributed by atoms with Crippen LogP contribution in [0.5, 0.6) is 0 Å². The summed E-state index contributed by atoms with van der Waals surface area (Å²) in [6.07, 6.45) is 0.127. The summed E-state index contributed by atoms with van der Waals surface area (Å²) in [5.41, 5.74) is 8.57. The highest BCUT2D eigenvalue weighted by Crippen LogP contribution is 2.45. The molecule has 0 aliphatic carbocycles. The predicted molar refractivity (Wildman–Crippen MR) is 145 cm³/mol. The first-order valence-corrected chi connectivity index (χ1v) is 13.3. The molecule has 4 heterocycles. The Morgan fingerprint density at radius 1 is 0.925 bits per heavy atom. The summed E-state index contributed by atoms with van der Waals surface area (Å²) in [6.45, 7) is 8.35. The van der Waals surface area contributed by atoms with Crippen LogP contribution in [-0.2, 0) is 18.9 Å². The maximum absolute atomic E-state index is 14.5. The fraction of sp³-hybridized carbons (Fsp3) is 0.414. The van der Waals surface area contributed by atoms with Gasteiger partial charge in [0.05, 0.1) is 0 Å². The minimum absolute atomic E-state index is 0.0192. The number of piperidine rings is 1. The Bertz CT molecular complexity index is 1420. The van der Waals surface area contributed by atoms with Crippen LogP contribution in [0.25, 0.3) is 16.9 Å². The van der Waals surface area contributed by atoms with Crippen molar-refractivity contribution in [2.75, 3.05) is 18.8 Å². The van der Waals surface area contributed by atoms with Crippen molar-refractivity contribution in [2.24, 2.45) is 5.92 Å². The topological polar surface area (TPSA) is 72.9 Å². The van der Waals surface area contributed by atoms with E-state index in [0.29, 0.717) is 17.3 Å². The molecule has 1 aliphatic rings. The van der Waals surface area contributed by atoms with E-state index >= 15 is 0 Å². The van der Waals surface area contributed by atoms with Gasteiger partial charge in [0.1, 0.15) is 11.3 Å². The lowest BCUT2D eigenvalue weighted by atomic mass is 9.90. The first kappa shape index (κ1) is 29.4. The van der Waals surface area contributed by atoms with Crippen molar-refractivity contribution >= 4 is 17.0 Å². The first-order valence-electron chi connectivity index (χ1n) is 13.3. The number of nitrogen functional groups attached to an aromatic ring is 1. The lowest BCUT2D eigenvalue weighted by Gasteiger charge is -2.32. The molecule has 1 aliphatic heterocycles. The zero-order chi connectivity index (χ0) is 29.1. The molecule has 0 radical (unpaired) electrons. The van der Waals surface area contributed by atoms with Gasteiger partial charge in [-0.2, -0.15) is 22.0 Å². The third kappa shape index (κ3) is 6.24. The summed E-state index contributed by atoms with van der Waals surface area (Å²) >= 11 is 0. The van der Waals surface area contributed by atoms with E-state index in [-0.39, 0.29) is 16.9 Å². The number of likely N-dealkylation sites (tertiary alicyclic amines) is 1. The monoisotopic (exact) mass is 560 g/mol. The number of pyridine rings is 2. The Kier molecular flexibility index (Phi) is 8.72. The van der Waals surface area contributed by atoms with E-state index in [4.69, 9.17) is 5.73 Å². The van der Waals surface area contributed by atoms with Crippen molar-refractivity contribution in [1.29, 1.82) is 0 Å². The van der Waals surface area contributed by atoms with Crippen LogP contribution in [0.3, 0.4) is 0 Å². The molecule has 214 valence electrons. The summed E-state index contributed by atoms with van der Waals surface area (Å²) < 4.78 is 69.6. The van der Waals surface area contributed by atoms with Gasteiger partial charge in [-0.15, -0.1) is 0 Å². The van der Waals surface area contributed by atoms with Crippen molar-refractivity contribution in [3.05, 3.63) is 77.4 Å². The molecule has 40 heavy (non-hydrogen) atoms. The number of aromatic nitrogens is 4. The largest absolute Gasteiger partial charge is 0.461 e. The van der Waals surface area contributed by atoms with Crippen LogP contribution >= 0.6 is 0 Å². The van der Waals surface area contributed by atoms with Crippen LogP contribution in [0.2, 0.25) is 0 Å². The number of hydrogen-bond acceptors (Lipinski definition) is 5. The second kappa shape index (κ2) is 11.9. The van der Waals surface area contributed by atoms with Gasteiger partial charge in [0.25, 0.3) is 0 Å². The van der Waals surface area contributed by atoms with E-state index in [2.05, 4.69) is 19.9 Å². The summed E-state index contributed by atoms with van der Waals surface area (Å²) in [4.78, 5) is 14.2. The maximum atomic E-state index is 14.5. The molecular formula is C29H33F5N6. The van der Waals surface area contributed by atoms with Gasteiger partial charge in [-0.3, -0.25) is 9.47 Å². The Balaban J connectivity index is 0.00000181. The highest BCUT2D eigenvalue weighted by atomic mass is 19.4. The van der Waals surface area contributed by atoms with Crippen molar-refractivity contribution < 1.29 is 22.0 Å². The molecular weight excluding hydrogens is 527 g/mol. The number of aryl methyl sites for hydroxylation is 1.